The molecule has 2 N–H and O–H groups in total. The molecule has 0 aliphatic rings. The lowest BCUT2D eigenvalue weighted by atomic mass is 10.0. The Morgan fingerprint density at radius 2 is 2.00 bits per heavy atom. The van der Waals surface area contributed by atoms with Crippen LogP contribution in [0.15, 0.2) is 35.1 Å². The van der Waals surface area contributed by atoms with Gasteiger partial charge in [0.15, 0.2) is 0 Å². The average molecular weight is 286 g/mol. The van der Waals surface area contributed by atoms with Gasteiger partial charge in [-0.15, -0.1) is 0 Å². The van der Waals surface area contributed by atoms with Crippen molar-refractivity contribution < 1.29 is 4.74 Å². The van der Waals surface area contributed by atoms with Gasteiger partial charge in [-0.1, -0.05) is 0 Å². The molecule has 0 bridgehead atoms. The number of pyridine rings is 1. The molecule has 1 aromatic heterocycles. The fourth-order valence-electron chi connectivity index (χ4n) is 2.55. The topological polar surface area (TPSA) is 57.2 Å². The van der Waals surface area contributed by atoms with Gasteiger partial charge >= 0.3 is 0 Å². The van der Waals surface area contributed by atoms with E-state index in [9.17, 15) is 4.79 Å². The fourth-order valence-corrected chi connectivity index (χ4v) is 2.55. The molecular weight excluding hydrogens is 264 g/mol. The van der Waals surface area contributed by atoms with Gasteiger partial charge in [-0.2, -0.15) is 0 Å². The Hall–Kier alpha value is -2.07. The van der Waals surface area contributed by atoms with E-state index < -0.39 is 0 Å². The lowest BCUT2D eigenvalue weighted by molar-refractivity contribution is 0.412. The molecule has 1 unspecified atom stereocenters. The van der Waals surface area contributed by atoms with Crippen LogP contribution in [-0.4, -0.2) is 11.7 Å². The Labute approximate surface area is 125 Å². The maximum Gasteiger partial charge on any atom is 0.255 e. The molecule has 1 heterocycles. The number of nitrogens with zero attached hydrogens (tertiary/aromatic N) is 1. The van der Waals surface area contributed by atoms with Crippen LogP contribution in [0.1, 0.15) is 31.0 Å². The molecule has 4 nitrogen and oxygen atoms in total. The molecule has 0 aliphatic carbocycles. The third-order valence-electron chi connectivity index (χ3n) is 3.70. The first kappa shape index (κ1) is 15.3. The minimum absolute atomic E-state index is 0.0153. The predicted octanol–water partition coefficient (Wildman–Crippen LogP) is 2.87. The number of ether oxygens (including phenoxy) is 1. The third-order valence-corrected chi connectivity index (χ3v) is 3.70. The molecule has 1 aromatic carbocycles. The normalized spacial score (nSPS) is 12.2. The van der Waals surface area contributed by atoms with Crippen LogP contribution in [0, 0.1) is 6.92 Å². The van der Waals surface area contributed by atoms with Crippen molar-refractivity contribution in [3.63, 3.8) is 0 Å². The van der Waals surface area contributed by atoms with Crippen LogP contribution in [0.2, 0.25) is 0 Å². The summed E-state index contributed by atoms with van der Waals surface area (Å²) < 4.78 is 7.05. The zero-order valence-electron chi connectivity index (χ0n) is 13.0. The quantitative estimate of drug-likeness (QED) is 0.940. The van der Waals surface area contributed by atoms with E-state index in [-0.39, 0.29) is 11.6 Å². The molecule has 1 atom stereocenters. The number of hydrogen-bond acceptors (Lipinski definition) is 3. The number of methoxy groups -OCH3 is 1. The Bertz CT molecular complexity index is 702. The minimum Gasteiger partial charge on any atom is -0.496 e. The van der Waals surface area contributed by atoms with Crippen LogP contribution < -0.4 is 16.0 Å². The first-order valence-electron chi connectivity index (χ1n) is 7.14. The zero-order chi connectivity index (χ0) is 15.6. The zero-order valence-corrected chi connectivity index (χ0v) is 13.0. The van der Waals surface area contributed by atoms with Crippen molar-refractivity contribution >= 4 is 0 Å². The van der Waals surface area contributed by atoms with Crippen LogP contribution in [0.3, 0.4) is 0 Å². The molecule has 2 aromatic rings. The lowest BCUT2D eigenvalue weighted by Gasteiger charge is -2.15. The molecule has 21 heavy (non-hydrogen) atoms. The Morgan fingerprint density at radius 3 is 2.52 bits per heavy atom. The molecule has 0 amide bonds. The summed E-state index contributed by atoms with van der Waals surface area (Å²) in [6.45, 7) is 6.40. The summed E-state index contributed by atoms with van der Waals surface area (Å²) in [6, 6.07) is 9.46. The Morgan fingerprint density at radius 1 is 1.29 bits per heavy atom. The molecule has 0 radical (unpaired) electrons. The van der Waals surface area contributed by atoms with Gasteiger partial charge in [0, 0.05) is 18.2 Å². The number of aromatic nitrogens is 1. The Kier molecular flexibility index (Phi) is 4.48. The molecule has 0 aliphatic heterocycles. The average Bonchev–Trinajstić information content (AvgIpc) is 2.46. The van der Waals surface area contributed by atoms with Gasteiger partial charge in [0.2, 0.25) is 0 Å². The minimum atomic E-state index is -0.262. The van der Waals surface area contributed by atoms with E-state index in [1.165, 1.54) is 0 Å². The van der Waals surface area contributed by atoms with Crippen LogP contribution in [0.4, 0.5) is 0 Å². The monoisotopic (exact) mass is 286 g/mol. The van der Waals surface area contributed by atoms with Gasteiger partial charge in [-0.3, -0.25) is 4.79 Å². The highest BCUT2D eigenvalue weighted by Gasteiger charge is 2.12. The van der Waals surface area contributed by atoms with Crippen molar-refractivity contribution in [3.8, 4) is 17.0 Å². The largest absolute Gasteiger partial charge is 0.496 e. The summed E-state index contributed by atoms with van der Waals surface area (Å²) in [5.41, 5.74) is 9.43. The molecule has 0 saturated heterocycles. The molecule has 4 heteroatoms. The number of nitrogens with two attached hydrogens (primary N) is 1. The van der Waals surface area contributed by atoms with Gasteiger partial charge in [0.25, 0.3) is 5.56 Å². The maximum absolute atomic E-state index is 12.5. The van der Waals surface area contributed by atoms with Crippen LogP contribution in [-0.2, 0) is 6.54 Å². The van der Waals surface area contributed by atoms with E-state index in [4.69, 9.17) is 10.5 Å². The van der Waals surface area contributed by atoms with Crippen LogP contribution in [0.25, 0.3) is 11.3 Å². The van der Waals surface area contributed by atoms with Gasteiger partial charge in [-0.25, -0.2) is 0 Å². The van der Waals surface area contributed by atoms with Gasteiger partial charge in [0.1, 0.15) is 5.75 Å². The molecule has 112 valence electrons. The lowest BCUT2D eigenvalue weighted by Crippen LogP contribution is -2.27. The summed E-state index contributed by atoms with van der Waals surface area (Å²) >= 11 is 0. The summed E-state index contributed by atoms with van der Waals surface area (Å²) in [5.74, 6) is 0.844. The van der Waals surface area contributed by atoms with Crippen molar-refractivity contribution in [2.45, 2.75) is 33.4 Å². The second kappa shape index (κ2) is 6.14. The highest BCUT2D eigenvalue weighted by molar-refractivity contribution is 5.62. The molecular formula is C17H22N2O2. The molecule has 0 saturated carbocycles. The molecule has 0 spiro atoms. The van der Waals surface area contributed by atoms with Gasteiger partial charge in [-0.05, 0) is 62.2 Å². The molecule has 2 rings (SSSR count). The second-order valence-electron chi connectivity index (χ2n) is 5.20. The van der Waals surface area contributed by atoms with Gasteiger partial charge < -0.3 is 15.0 Å². The van der Waals surface area contributed by atoms with E-state index in [1.54, 1.807) is 11.7 Å². The summed E-state index contributed by atoms with van der Waals surface area (Å²) in [7, 11) is 1.65. The van der Waals surface area contributed by atoms with E-state index in [0.29, 0.717) is 12.1 Å². The standard InChI is InChI=1S/C17H22N2O2/c1-5-19-15(8-7-14(12(3)18)17(19)20)13-6-9-16(21-4)11(2)10-13/h6-10,12H,5,18H2,1-4H3. The van der Waals surface area contributed by atoms with E-state index in [2.05, 4.69) is 0 Å². The van der Waals surface area contributed by atoms with Crippen molar-refractivity contribution in [1.29, 1.82) is 0 Å². The van der Waals surface area contributed by atoms with Gasteiger partial charge in [0.05, 0.1) is 12.8 Å². The van der Waals surface area contributed by atoms with Crippen LogP contribution >= 0.6 is 0 Å². The predicted molar refractivity (Wildman–Crippen MR) is 85.7 cm³/mol. The third kappa shape index (κ3) is 2.85. The number of benzene rings is 1. The van der Waals surface area contributed by atoms with E-state index in [1.807, 2.05) is 51.1 Å². The van der Waals surface area contributed by atoms with E-state index >= 15 is 0 Å². The highest BCUT2D eigenvalue weighted by Crippen LogP contribution is 2.26. The fraction of sp³-hybridized carbons (Fsp3) is 0.353. The summed E-state index contributed by atoms with van der Waals surface area (Å²) in [6.07, 6.45) is 0. The maximum atomic E-state index is 12.5. The van der Waals surface area contributed by atoms with Crippen LogP contribution in [0.5, 0.6) is 5.75 Å². The van der Waals surface area contributed by atoms with E-state index in [0.717, 1.165) is 22.6 Å². The SMILES string of the molecule is CCn1c(-c2ccc(OC)c(C)c2)ccc(C(C)N)c1=O. The smallest absolute Gasteiger partial charge is 0.255 e. The number of hydrogen-bond donors (Lipinski definition) is 1. The highest BCUT2D eigenvalue weighted by atomic mass is 16.5. The summed E-state index contributed by atoms with van der Waals surface area (Å²) in [5, 5.41) is 0. The first-order chi connectivity index (χ1) is 9.99. The number of aryl methyl sites for hydroxylation is 1. The van der Waals surface area contributed by atoms with Crippen molar-refractivity contribution in [3.05, 3.63) is 51.8 Å². The van der Waals surface area contributed by atoms with Crippen molar-refractivity contribution in [2.75, 3.05) is 7.11 Å². The summed E-state index contributed by atoms with van der Waals surface area (Å²) in [4.78, 5) is 12.5. The number of rotatable bonds is 4. The van der Waals surface area contributed by atoms with Crippen molar-refractivity contribution in [1.82, 2.24) is 4.57 Å². The molecule has 0 fully saturated rings. The van der Waals surface area contributed by atoms with Crippen molar-refractivity contribution in [2.24, 2.45) is 5.73 Å². The first-order valence-corrected chi connectivity index (χ1v) is 7.14. The second-order valence-corrected chi connectivity index (χ2v) is 5.20. The Balaban J connectivity index is 2.62.